The first kappa shape index (κ1) is 17.8. The number of likely N-dealkylation sites (N-methyl/N-ethyl adjacent to an activating group) is 2. The SMILES string of the molecule is CNC(CCN(C)CCOC(C)C)C(C)(C)OC. The van der Waals surface area contributed by atoms with Gasteiger partial charge in [0.25, 0.3) is 0 Å². The summed E-state index contributed by atoms with van der Waals surface area (Å²) in [5, 5.41) is 3.34. The van der Waals surface area contributed by atoms with Crippen LogP contribution in [-0.2, 0) is 9.47 Å². The maximum absolute atomic E-state index is 5.55. The maximum atomic E-state index is 5.55. The molecular formula is C14H32N2O2. The third-order valence-corrected chi connectivity index (χ3v) is 3.44. The highest BCUT2D eigenvalue weighted by molar-refractivity contribution is 4.84. The number of hydrogen-bond acceptors (Lipinski definition) is 4. The van der Waals surface area contributed by atoms with Crippen molar-refractivity contribution in [1.82, 2.24) is 10.2 Å². The van der Waals surface area contributed by atoms with E-state index in [-0.39, 0.29) is 5.60 Å². The lowest BCUT2D eigenvalue weighted by molar-refractivity contribution is -0.0130. The van der Waals surface area contributed by atoms with Crippen molar-refractivity contribution < 1.29 is 9.47 Å². The average Bonchev–Trinajstić information content (AvgIpc) is 2.29. The summed E-state index contributed by atoms with van der Waals surface area (Å²) in [6.07, 6.45) is 1.38. The molecule has 0 aromatic heterocycles. The molecule has 110 valence electrons. The van der Waals surface area contributed by atoms with Crippen molar-refractivity contribution in [1.29, 1.82) is 0 Å². The summed E-state index contributed by atoms with van der Waals surface area (Å²) in [5.41, 5.74) is -0.135. The molecule has 0 saturated carbocycles. The first-order chi connectivity index (χ1) is 8.33. The molecule has 1 N–H and O–H groups in total. The molecule has 0 aliphatic carbocycles. The van der Waals surface area contributed by atoms with Crippen molar-refractivity contribution in [3.63, 3.8) is 0 Å². The lowest BCUT2D eigenvalue weighted by atomic mass is 9.95. The number of hydrogen-bond donors (Lipinski definition) is 1. The van der Waals surface area contributed by atoms with Gasteiger partial charge in [0.05, 0.1) is 18.3 Å². The van der Waals surface area contributed by atoms with Crippen molar-refractivity contribution in [2.75, 3.05) is 40.9 Å². The van der Waals surface area contributed by atoms with Crippen LogP contribution >= 0.6 is 0 Å². The Hall–Kier alpha value is -0.160. The minimum Gasteiger partial charge on any atom is -0.377 e. The van der Waals surface area contributed by atoms with Gasteiger partial charge in [-0.15, -0.1) is 0 Å². The van der Waals surface area contributed by atoms with Crippen molar-refractivity contribution >= 4 is 0 Å². The molecule has 0 bridgehead atoms. The molecule has 0 saturated heterocycles. The van der Waals surface area contributed by atoms with Gasteiger partial charge in [0.2, 0.25) is 0 Å². The molecule has 18 heavy (non-hydrogen) atoms. The van der Waals surface area contributed by atoms with Crippen molar-refractivity contribution in [3.8, 4) is 0 Å². The minimum atomic E-state index is -0.135. The number of nitrogens with one attached hydrogen (secondary N) is 1. The van der Waals surface area contributed by atoms with Crippen LogP contribution in [0.15, 0.2) is 0 Å². The molecule has 1 unspecified atom stereocenters. The van der Waals surface area contributed by atoms with Gasteiger partial charge in [0.15, 0.2) is 0 Å². The van der Waals surface area contributed by atoms with Gasteiger partial charge in [0, 0.05) is 19.7 Å². The highest BCUT2D eigenvalue weighted by Gasteiger charge is 2.27. The Morgan fingerprint density at radius 3 is 2.28 bits per heavy atom. The van der Waals surface area contributed by atoms with Gasteiger partial charge < -0.3 is 19.7 Å². The van der Waals surface area contributed by atoms with Gasteiger partial charge in [-0.2, -0.15) is 0 Å². The molecule has 0 rings (SSSR count). The van der Waals surface area contributed by atoms with Crippen LogP contribution in [0.1, 0.15) is 34.1 Å². The van der Waals surface area contributed by atoms with E-state index in [0.717, 1.165) is 26.1 Å². The van der Waals surface area contributed by atoms with Gasteiger partial charge in [0.1, 0.15) is 0 Å². The Morgan fingerprint density at radius 1 is 1.22 bits per heavy atom. The molecule has 4 heteroatoms. The van der Waals surface area contributed by atoms with E-state index in [4.69, 9.17) is 9.47 Å². The molecule has 0 amide bonds. The molecule has 0 aliphatic heterocycles. The molecule has 0 heterocycles. The molecule has 4 nitrogen and oxygen atoms in total. The monoisotopic (exact) mass is 260 g/mol. The highest BCUT2D eigenvalue weighted by atomic mass is 16.5. The summed E-state index contributed by atoms with van der Waals surface area (Å²) < 4.78 is 11.1. The van der Waals surface area contributed by atoms with E-state index >= 15 is 0 Å². The Labute approximate surface area is 113 Å². The molecule has 0 aromatic rings. The number of nitrogens with zero attached hydrogens (tertiary/aromatic N) is 1. The lowest BCUT2D eigenvalue weighted by Crippen LogP contribution is -2.48. The highest BCUT2D eigenvalue weighted by Crippen LogP contribution is 2.16. The second kappa shape index (κ2) is 8.86. The second-order valence-electron chi connectivity index (χ2n) is 5.66. The quantitative estimate of drug-likeness (QED) is 0.649. The number of methoxy groups -OCH3 is 1. The standard InChI is InChI=1S/C14H32N2O2/c1-12(2)18-11-10-16(6)9-8-13(15-5)14(3,4)17-7/h12-13,15H,8-11H2,1-7H3. The van der Waals surface area contributed by atoms with Crippen LogP contribution in [0.4, 0.5) is 0 Å². The fraction of sp³-hybridized carbons (Fsp3) is 1.00. The van der Waals surface area contributed by atoms with Crippen LogP contribution in [0.3, 0.4) is 0 Å². The summed E-state index contributed by atoms with van der Waals surface area (Å²) in [7, 11) is 5.90. The lowest BCUT2D eigenvalue weighted by Gasteiger charge is -2.34. The van der Waals surface area contributed by atoms with E-state index in [1.165, 1.54) is 0 Å². The first-order valence-corrected chi connectivity index (χ1v) is 6.86. The summed E-state index contributed by atoms with van der Waals surface area (Å²) in [5.74, 6) is 0. The number of rotatable bonds is 10. The second-order valence-corrected chi connectivity index (χ2v) is 5.66. The first-order valence-electron chi connectivity index (χ1n) is 6.86. The zero-order valence-corrected chi connectivity index (χ0v) is 13.2. The van der Waals surface area contributed by atoms with Crippen LogP contribution in [0.5, 0.6) is 0 Å². The Kier molecular flexibility index (Phi) is 8.78. The van der Waals surface area contributed by atoms with Crippen LogP contribution in [0.25, 0.3) is 0 Å². The molecule has 0 spiro atoms. The summed E-state index contributed by atoms with van der Waals surface area (Å²) in [4.78, 5) is 2.30. The summed E-state index contributed by atoms with van der Waals surface area (Å²) >= 11 is 0. The van der Waals surface area contributed by atoms with Gasteiger partial charge in [-0.25, -0.2) is 0 Å². The fourth-order valence-corrected chi connectivity index (χ4v) is 1.89. The fourth-order valence-electron chi connectivity index (χ4n) is 1.89. The zero-order chi connectivity index (χ0) is 14.2. The Bertz CT molecular complexity index is 208. The van der Waals surface area contributed by atoms with Gasteiger partial charge in [-0.3, -0.25) is 0 Å². The molecular weight excluding hydrogens is 228 g/mol. The third kappa shape index (κ3) is 7.31. The van der Waals surface area contributed by atoms with E-state index < -0.39 is 0 Å². The minimum absolute atomic E-state index is 0.135. The molecule has 0 aromatic carbocycles. The predicted molar refractivity (Wildman–Crippen MR) is 77.1 cm³/mol. The molecule has 0 radical (unpaired) electrons. The third-order valence-electron chi connectivity index (χ3n) is 3.44. The smallest absolute Gasteiger partial charge is 0.0775 e. The van der Waals surface area contributed by atoms with E-state index in [0.29, 0.717) is 12.1 Å². The van der Waals surface area contributed by atoms with Gasteiger partial charge in [-0.1, -0.05) is 0 Å². The largest absolute Gasteiger partial charge is 0.377 e. The van der Waals surface area contributed by atoms with E-state index in [1.54, 1.807) is 7.11 Å². The van der Waals surface area contributed by atoms with Crippen LogP contribution in [0.2, 0.25) is 0 Å². The van der Waals surface area contributed by atoms with Crippen molar-refractivity contribution in [3.05, 3.63) is 0 Å². The molecule has 0 fully saturated rings. The zero-order valence-electron chi connectivity index (χ0n) is 13.2. The van der Waals surface area contributed by atoms with Crippen LogP contribution in [0, 0.1) is 0 Å². The average molecular weight is 260 g/mol. The normalized spacial score (nSPS) is 14.5. The van der Waals surface area contributed by atoms with Crippen LogP contribution in [-0.4, -0.2) is 63.5 Å². The summed E-state index contributed by atoms with van der Waals surface area (Å²) in [6, 6.07) is 0.357. The van der Waals surface area contributed by atoms with E-state index in [1.807, 2.05) is 7.05 Å². The van der Waals surface area contributed by atoms with Gasteiger partial charge in [-0.05, 0) is 54.8 Å². The van der Waals surface area contributed by atoms with Gasteiger partial charge >= 0.3 is 0 Å². The topological polar surface area (TPSA) is 33.7 Å². The molecule has 1 atom stereocenters. The van der Waals surface area contributed by atoms with Crippen molar-refractivity contribution in [2.24, 2.45) is 0 Å². The molecule has 0 aliphatic rings. The predicted octanol–water partition coefficient (Wildman–Crippen LogP) is 1.75. The van der Waals surface area contributed by atoms with E-state index in [2.05, 4.69) is 45.0 Å². The Balaban J connectivity index is 3.91. The number of ether oxygens (including phenoxy) is 2. The van der Waals surface area contributed by atoms with Crippen LogP contribution < -0.4 is 5.32 Å². The maximum Gasteiger partial charge on any atom is 0.0775 e. The summed E-state index contributed by atoms with van der Waals surface area (Å²) in [6.45, 7) is 11.2. The van der Waals surface area contributed by atoms with E-state index in [9.17, 15) is 0 Å². The Morgan fingerprint density at radius 2 is 1.83 bits per heavy atom. The van der Waals surface area contributed by atoms with Crippen molar-refractivity contribution in [2.45, 2.75) is 51.9 Å².